The number of piperidine rings is 1. The molecule has 1 atom stereocenters. The van der Waals surface area contributed by atoms with Crippen LogP contribution in [0.2, 0.25) is 5.02 Å². The number of Topliss-reactive ketones (excluding diaryl/α,β-unsaturated/α-hetero) is 1. The van der Waals surface area contributed by atoms with E-state index in [9.17, 15) is 4.79 Å². The molecule has 0 radical (unpaired) electrons. The number of aromatic nitrogens is 1. The molecule has 1 saturated heterocycles. The molecule has 5 rings (SSSR count). The van der Waals surface area contributed by atoms with Crippen LogP contribution in [0.3, 0.4) is 0 Å². The van der Waals surface area contributed by atoms with Crippen molar-refractivity contribution in [2.24, 2.45) is 0 Å². The first-order chi connectivity index (χ1) is 15.6. The summed E-state index contributed by atoms with van der Waals surface area (Å²) < 4.78 is 7.77. The van der Waals surface area contributed by atoms with Crippen LogP contribution in [0.4, 0.5) is 5.69 Å². The maximum Gasteiger partial charge on any atom is 0.162 e. The van der Waals surface area contributed by atoms with E-state index in [1.54, 1.807) is 19.2 Å². The number of hydrogen-bond donors (Lipinski definition) is 1. The van der Waals surface area contributed by atoms with E-state index in [2.05, 4.69) is 45.2 Å². The lowest BCUT2D eigenvalue weighted by atomic mass is 9.83. The van der Waals surface area contributed by atoms with Crippen LogP contribution >= 0.6 is 11.6 Å². The van der Waals surface area contributed by atoms with Crippen LogP contribution in [-0.4, -0.2) is 42.0 Å². The van der Waals surface area contributed by atoms with Crippen LogP contribution < -0.4 is 10.1 Å². The Morgan fingerprint density at radius 3 is 2.84 bits per heavy atom. The van der Waals surface area contributed by atoms with Gasteiger partial charge in [-0.25, -0.2) is 0 Å². The van der Waals surface area contributed by atoms with E-state index in [1.165, 1.54) is 5.69 Å². The van der Waals surface area contributed by atoms with Gasteiger partial charge in [0.1, 0.15) is 5.75 Å². The number of likely N-dealkylation sites (tertiary alicyclic amines) is 1. The van der Waals surface area contributed by atoms with Gasteiger partial charge in [0.2, 0.25) is 0 Å². The van der Waals surface area contributed by atoms with E-state index in [4.69, 9.17) is 16.3 Å². The Bertz CT molecular complexity index is 1120. The summed E-state index contributed by atoms with van der Waals surface area (Å²) in [6.45, 7) is 2.89. The molecule has 1 aromatic heterocycles. The fourth-order valence-corrected chi connectivity index (χ4v) is 5.27. The van der Waals surface area contributed by atoms with Gasteiger partial charge in [0.15, 0.2) is 5.78 Å². The average Bonchev–Trinajstić information content (AvgIpc) is 3.31. The Labute approximate surface area is 193 Å². The maximum absolute atomic E-state index is 12.5. The SMILES string of the molecule is COc1ccc2c(c1)N[C@]1(CCCN(CCCC(=O)c3ccc(Cl)cc3)C1)c1cccn1-2. The van der Waals surface area contributed by atoms with Crippen LogP contribution in [0.25, 0.3) is 5.69 Å². The molecule has 166 valence electrons. The molecular formula is C26H28ClN3O2. The van der Waals surface area contributed by atoms with Crippen LogP contribution in [0, 0.1) is 0 Å². The van der Waals surface area contributed by atoms with Crippen LogP contribution in [0.1, 0.15) is 41.7 Å². The Kier molecular flexibility index (Phi) is 5.70. The van der Waals surface area contributed by atoms with Crippen molar-refractivity contribution in [2.45, 2.75) is 31.2 Å². The Hall–Kier alpha value is -2.76. The molecule has 1 N–H and O–H groups in total. The van der Waals surface area contributed by atoms with Gasteiger partial charge in [0.25, 0.3) is 0 Å². The molecule has 5 nitrogen and oxygen atoms in total. The van der Waals surface area contributed by atoms with Crippen LogP contribution in [-0.2, 0) is 5.54 Å². The van der Waals surface area contributed by atoms with Crippen molar-refractivity contribution in [3.05, 3.63) is 77.1 Å². The number of nitrogens with one attached hydrogen (secondary N) is 1. The predicted octanol–water partition coefficient (Wildman–Crippen LogP) is 5.52. The Morgan fingerprint density at radius 1 is 1.19 bits per heavy atom. The molecule has 0 saturated carbocycles. The normalized spacial score (nSPS) is 19.8. The lowest BCUT2D eigenvalue weighted by Crippen LogP contribution is -2.53. The van der Waals surface area contributed by atoms with E-state index in [0.29, 0.717) is 11.4 Å². The summed E-state index contributed by atoms with van der Waals surface area (Å²) in [7, 11) is 1.70. The summed E-state index contributed by atoms with van der Waals surface area (Å²) in [6, 6.07) is 17.7. The van der Waals surface area contributed by atoms with E-state index >= 15 is 0 Å². The summed E-state index contributed by atoms with van der Waals surface area (Å²) in [5, 5.41) is 4.52. The fourth-order valence-electron chi connectivity index (χ4n) is 5.14. The number of carbonyl (C=O) groups is 1. The van der Waals surface area contributed by atoms with Crippen molar-refractivity contribution in [1.29, 1.82) is 0 Å². The third-order valence-corrected chi connectivity index (χ3v) is 6.94. The van der Waals surface area contributed by atoms with Crippen molar-refractivity contribution in [1.82, 2.24) is 9.47 Å². The molecular weight excluding hydrogens is 422 g/mol. The van der Waals surface area contributed by atoms with Gasteiger partial charge in [-0.3, -0.25) is 4.79 Å². The van der Waals surface area contributed by atoms with Crippen molar-refractivity contribution >= 4 is 23.1 Å². The van der Waals surface area contributed by atoms with E-state index in [-0.39, 0.29) is 11.3 Å². The van der Waals surface area contributed by atoms with Gasteiger partial charge in [-0.1, -0.05) is 11.6 Å². The van der Waals surface area contributed by atoms with Gasteiger partial charge in [-0.15, -0.1) is 0 Å². The second kappa shape index (κ2) is 8.64. The first-order valence-corrected chi connectivity index (χ1v) is 11.6. The number of fused-ring (bicyclic) bond motifs is 4. The molecule has 6 heteroatoms. The lowest BCUT2D eigenvalue weighted by molar-refractivity contribution is 0.0966. The van der Waals surface area contributed by atoms with Gasteiger partial charge >= 0.3 is 0 Å². The van der Waals surface area contributed by atoms with Gasteiger partial charge in [-0.2, -0.15) is 0 Å². The lowest BCUT2D eigenvalue weighted by Gasteiger charge is -2.47. The van der Waals surface area contributed by atoms with E-state index in [1.807, 2.05) is 18.2 Å². The molecule has 32 heavy (non-hydrogen) atoms. The molecule has 2 aliphatic rings. The number of methoxy groups -OCH3 is 1. The molecule has 3 heterocycles. The van der Waals surface area contributed by atoms with E-state index in [0.717, 1.165) is 61.6 Å². The number of benzene rings is 2. The van der Waals surface area contributed by atoms with Crippen molar-refractivity contribution in [2.75, 3.05) is 32.1 Å². The Morgan fingerprint density at radius 2 is 2.03 bits per heavy atom. The highest BCUT2D eigenvalue weighted by Gasteiger charge is 2.42. The number of hydrogen-bond acceptors (Lipinski definition) is 4. The number of halogens is 1. The van der Waals surface area contributed by atoms with E-state index < -0.39 is 0 Å². The average molecular weight is 450 g/mol. The third kappa shape index (κ3) is 3.91. The minimum absolute atomic E-state index is 0.138. The molecule has 2 aromatic carbocycles. The first kappa shape index (κ1) is 21.1. The standard InChI is InChI=1S/C26H28ClN3O2/c1-32-21-11-12-23-22(17-21)28-26(25-6-3-16-30(23)25)13-4-15-29(18-26)14-2-5-24(31)19-7-9-20(27)10-8-19/h3,6-12,16-17,28H,2,4-5,13-15,18H2,1H3/t26-/m0/s1. The first-order valence-electron chi connectivity index (χ1n) is 11.2. The zero-order valence-electron chi connectivity index (χ0n) is 18.3. The van der Waals surface area contributed by atoms with Crippen molar-refractivity contribution in [3.8, 4) is 11.4 Å². The van der Waals surface area contributed by atoms with Crippen LogP contribution in [0.15, 0.2) is 60.8 Å². The minimum atomic E-state index is -0.138. The number of ether oxygens (including phenoxy) is 1. The molecule has 3 aromatic rings. The highest BCUT2D eigenvalue weighted by molar-refractivity contribution is 6.30. The smallest absolute Gasteiger partial charge is 0.162 e. The quantitative estimate of drug-likeness (QED) is 0.503. The molecule has 0 aliphatic carbocycles. The molecule has 2 aliphatic heterocycles. The Balaban J connectivity index is 1.29. The summed E-state index contributed by atoms with van der Waals surface area (Å²) in [6.07, 6.45) is 5.74. The second-order valence-corrected chi connectivity index (χ2v) is 9.20. The zero-order chi connectivity index (χ0) is 22.1. The van der Waals surface area contributed by atoms with Gasteiger partial charge < -0.3 is 19.5 Å². The third-order valence-electron chi connectivity index (χ3n) is 6.69. The predicted molar refractivity (Wildman–Crippen MR) is 128 cm³/mol. The van der Waals surface area contributed by atoms with Crippen molar-refractivity contribution < 1.29 is 9.53 Å². The summed E-state index contributed by atoms with van der Waals surface area (Å²) >= 11 is 5.94. The molecule has 0 unspecified atom stereocenters. The number of rotatable bonds is 6. The summed E-state index contributed by atoms with van der Waals surface area (Å²) in [4.78, 5) is 15.0. The van der Waals surface area contributed by atoms with Crippen LogP contribution in [0.5, 0.6) is 5.75 Å². The summed E-state index contributed by atoms with van der Waals surface area (Å²) in [5.74, 6) is 1.04. The van der Waals surface area contributed by atoms with Gasteiger partial charge in [0, 0.05) is 41.5 Å². The highest BCUT2D eigenvalue weighted by Crippen LogP contribution is 2.43. The minimum Gasteiger partial charge on any atom is -0.497 e. The van der Waals surface area contributed by atoms with Gasteiger partial charge in [-0.05, 0) is 80.9 Å². The highest BCUT2D eigenvalue weighted by atomic mass is 35.5. The molecule has 0 amide bonds. The number of anilines is 1. The largest absolute Gasteiger partial charge is 0.497 e. The van der Waals surface area contributed by atoms with Gasteiger partial charge in [0.05, 0.1) is 24.0 Å². The summed E-state index contributed by atoms with van der Waals surface area (Å²) in [5.41, 5.74) is 4.16. The second-order valence-electron chi connectivity index (χ2n) is 8.77. The zero-order valence-corrected chi connectivity index (χ0v) is 19.1. The monoisotopic (exact) mass is 449 g/mol. The molecule has 0 bridgehead atoms. The molecule has 1 fully saturated rings. The van der Waals surface area contributed by atoms with Crippen molar-refractivity contribution in [3.63, 3.8) is 0 Å². The number of carbonyl (C=O) groups excluding carboxylic acids is 1. The maximum atomic E-state index is 12.5. The number of nitrogens with zero attached hydrogens (tertiary/aromatic N) is 2. The fraction of sp³-hybridized carbons (Fsp3) is 0.346. The molecule has 1 spiro atoms. The topological polar surface area (TPSA) is 46.5 Å². The number of ketones is 1.